The first-order valence-electron chi connectivity index (χ1n) is 5.81. The quantitative estimate of drug-likeness (QED) is 0.928. The van der Waals surface area contributed by atoms with Crippen LogP contribution >= 0.6 is 15.9 Å². The maximum Gasteiger partial charge on any atom is 0.255 e. The Hall–Kier alpha value is -1.81. The zero-order chi connectivity index (χ0) is 13.8. The number of hydrogen-bond donors (Lipinski definition) is 1. The molecule has 0 radical (unpaired) electrons. The lowest BCUT2D eigenvalue weighted by Gasteiger charge is -2.08. The Balaban J connectivity index is 2.18. The number of carbonyl (C=O) groups is 1. The molecule has 1 N–H and O–H groups in total. The third-order valence-electron chi connectivity index (χ3n) is 2.76. The zero-order valence-corrected chi connectivity index (χ0v) is 12.3. The average Bonchev–Trinajstić information content (AvgIpc) is 2.42. The van der Waals surface area contributed by atoms with Crippen molar-refractivity contribution in [2.75, 3.05) is 12.4 Å². The van der Waals surface area contributed by atoms with Gasteiger partial charge in [-0.3, -0.25) is 4.79 Å². The van der Waals surface area contributed by atoms with Gasteiger partial charge in [0.25, 0.3) is 5.91 Å². The monoisotopic (exact) mass is 319 g/mol. The molecular weight excluding hydrogens is 306 g/mol. The second-order valence-corrected chi connectivity index (χ2v) is 5.00. The van der Waals surface area contributed by atoms with E-state index >= 15 is 0 Å². The normalized spacial score (nSPS) is 10.1. The number of methoxy groups -OCH3 is 1. The van der Waals surface area contributed by atoms with E-state index in [-0.39, 0.29) is 5.91 Å². The molecule has 0 aliphatic rings. The summed E-state index contributed by atoms with van der Waals surface area (Å²) in [4.78, 5) is 12.1. The van der Waals surface area contributed by atoms with Crippen molar-refractivity contribution in [3.05, 3.63) is 58.1 Å². The fourth-order valence-electron chi connectivity index (χ4n) is 1.64. The molecule has 0 bridgehead atoms. The SMILES string of the molecule is COc1cccc(NC(=O)c2ccc(C)c(Br)c2)c1. The fourth-order valence-corrected chi connectivity index (χ4v) is 2.02. The minimum atomic E-state index is -0.144. The number of carbonyl (C=O) groups excluding carboxylic acids is 1. The summed E-state index contributed by atoms with van der Waals surface area (Å²) in [6, 6.07) is 12.8. The van der Waals surface area contributed by atoms with E-state index in [0.717, 1.165) is 10.0 Å². The summed E-state index contributed by atoms with van der Waals surface area (Å²) >= 11 is 3.42. The maximum absolute atomic E-state index is 12.1. The number of aryl methyl sites for hydroxylation is 1. The second kappa shape index (κ2) is 5.89. The Morgan fingerprint density at radius 1 is 1.21 bits per heavy atom. The van der Waals surface area contributed by atoms with Crippen LogP contribution in [0.3, 0.4) is 0 Å². The highest BCUT2D eigenvalue weighted by Crippen LogP contribution is 2.20. The van der Waals surface area contributed by atoms with Crippen molar-refractivity contribution in [1.29, 1.82) is 0 Å². The average molecular weight is 320 g/mol. The zero-order valence-electron chi connectivity index (χ0n) is 10.7. The van der Waals surface area contributed by atoms with E-state index in [0.29, 0.717) is 17.0 Å². The Bertz CT molecular complexity index is 611. The van der Waals surface area contributed by atoms with Gasteiger partial charge >= 0.3 is 0 Å². The number of nitrogens with one attached hydrogen (secondary N) is 1. The number of halogens is 1. The molecule has 4 heteroatoms. The molecule has 0 fully saturated rings. The van der Waals surface area contributed by atoms with E-state index in [9.17, 15) is 4.79 Å². The maximum atomic E-state index is 12.1. The second-order valence-electron chi connectivity index (χ2n) is 4.15. The summed E-state index contributed by atoms with van der Waals surface area (Å²) in [5.74, 6) is 0.567. The first-order valence-corrected chi connectivity index (χ1v) is 6.61. The van der Waals surface area contributed by atoms with Crippen LogP contribution in [0.2, 0.25) is 0 Å². The van der Waals surface area contributed by atoms with Gasteiger partial charge in [0.05, 0.1) is 7.11 Å². The van der Waals surface area contributed by atoms with Crippen LogP contribution < -0.4 is 10.1 Å². The van der Waals surface area contributed by atoms with Crippen molar-refractivity contribution in [3.8, 4) is 5.75 Å². The van der Waals surface area contributed by atoms with Crippen LogP contribution in [0.15, 0.2) is 46.9 Å². The van der Waals surface area contributed by atoms with Gasteiger partial charge in [-0.2, -0.15) is 0 Å². The van der Waals surface area contributed by atoms with Gasteiger partial charge in [0.15, 0.2) is 0 Å². The Kier molecular flexibility index (Phi) is 4.22. The van der Waals surface area contributed by atoms with Gasteiger partial charge in [0, 0.05) is 21.8 Å². The smallest absolute Gasteiger partial charge is 0.255 e. The lowest BCUT2D eigenvalue weighted by molar-refractivity contribution is 0.102. The summed E-state index contributed by atoms with van der Waals surface area (Å²) in [7, 11) is 1.60. The molecule has 3 nitrogen and oxygen atoms in total. The van der Waals surface area contributed by atoms with E-state index in [2.05, 4.69) is 21.2 Å². The van der Waals surface area contributed by atoms with E-state index in [1.807, 2.05) is 37.3 Å². The van der Waals surface area contributed by atoms with Crippen LogP contribution in [0.1, 0.15) is 15.9 Å². The standard InChI is InChI=1S/C15H14BrNO2/c1-10-6-7-11(8-14(10)16)15(18)17-12-4-3-5-13(9-12)19-2/h3-9H,1-2H3,(H,17,18). The molecule has 98 valence electrons. The molecular formula is C15H14BrNO2. The molecule has 0 aromatic heterocycles. The van der Waals surface area contributed by atoms with Crippen molar-refractivity contribution in [1.82, 2.24) is 0 Å². The molecule has 19 heavy (non-hydrogen) atoms. The summed E-state index contributed by atoms with van der Waals surface area (Å²) in [5.41, 5.74) is 2.42. The minimum Gasteiger partial charge on any atom is -0.497 e. The van der Waals surface area contributed by atoms with Gasteiger partial charge in [-0.1, -0.05) is 28.1 Å². The summed E-state index contributed by atoms with van der Waals surface area (Å²) < 4.78 is 6.04. The highest BCUT2D eigenvalue weighted by molar-refractivity contribution is 9.10. The van der Waals surface area contributed by atoms with Gasteiger partial charge in [-0.25, -0.2) is 0 Å². The van der Waals surface area contributed by atoms with Crippen molar-refractivity contribution >= 4 is 27.5 Å². The molecule has 2 aromatic carbocycles. The number of anilines is 1. The van der Waals surface area contributed by atoms with Gasteiger partial charge in [-0.15, -0.1) is 0 Å². The van der Waals surface area contributed by atoms with Crippen LogP contribution in [-0.4, -0.2) is 13.0 Å². The molecule has 0 aliphatic carbocycles. The highest BCUT2D eigenvalue weighted by Gasteiger charge is 2.08. The van der Waals surface area contributed by atoms with Gasteiger partial charge < -0.3 is 10.1 Å². The van der Waals surface area contributed by atoms with Crippen LogP contribution in [-0.2, 0) is 0 Å². The molecule has 2 rings (SSSR count). The van der Waals surface area contributed by atoms with Crippen molar-refractivity contribution in [2.24, 2.45) is 0 Å². The van der Waals surface area contributed by atoms with Crippen molar-refractivity contribution < 1.29 is 9.53 Å². The topological polar surface area (TPSA) is 38.3 Å². The van der Waals surface area contributed by atoms with Gasteiger partial charge in [0.2, 0.25) is 0 Å². The molecule has 0 aliphatic heterocycles. The summed E-state index contributed by atoms with van der Waals surface area (Å²) in [6.07, 6.45) is 0. The lowest BCUT2D eigenvalue weighted by Crippen LogP contribution is -2.11. The van der Waals surface area contributed by atoms with E-state index in [1.54, 1.807) is 19.2 Å². The lowest BCUT2D eigenvalue weighted by atomic mass is 10.1. The van der Waals surface area contributed by atoms with E-state index in [1.165, 1.54) is 0 Å². The minimum absolute atomic E-state index is 0.144. The summed E-state index contributed by atoms with van der Waals surface area (Å²) in [5, 5.41) is 2.84. The number of ether oxygens (including phenoxy) is 1. The molecule has 0 saturated carbocycles. The first kappa shape index (κ1) is 13.6. The Morgan fingerprint density at radius 3 is 2.68 bits per heavy atom. The summed E-state index contributed by atoms with van der Waals surface area (Å²) in [6.45, 7) is 1.98. The number of amides is 1. The highest BCUT2D eigenvalue weighted by atomic mass is 79.9. The van der Waals surface area contributed by atoms with Gasteiger partial charge in [-0.05, 0) is 36.8 Å². The Morgan fingerprint density at radius 2 is 2.00 bits per heavy atom. The molecule has 0 atom stereocenters. The molecule has 2 aromatic rings. The fraction of sp³-hybridized carbons (Fsp3) is 0.133. The van der Waals surface area contributed by atoms with Gasteiger partial charge in [0.1, 0.15) is 5.75 Å². The van der Waals surface area contributed by atoms with Crippen LogP contribution in [0.4, 0.5) is 5.69 Å². The van der Waals surface area contributed by atoms with Crippen LogP contribution in [0.5, 0.6) is 5.75 Å². The molecule has 0 spiro atoms. The number of benzene rings is 2. The predicted molar refractivity (Wildman–Crippen MR) is 79.8 cm³/mol. The van der Waals surface area contributed by atoms with Crippen LogP contribution in [0, 0.1) is 6.92 Å². The largest absolute Gasteiger partial charge is 0.497 e. The van der Waals surface area contributed by atoms with E-state index in [4.69, 9.17) is 4.74 Å². The third kappa shape index (κ3) is 3.35. The predicted octanol–water partition coefficient (Wildman–Crippen LogP) is 4.02. The molecule has 0 saturated heterocycles. The molecule has 0 unspecified atom stereocenters. The van der Waals surface area contributed by atoms with E-state index < -0.39 is 0 Å². The molecule has 1 amide bonds. The number of rotatable bonds is 3. The van der Waals surface area contributed by atoms with Crippen molar-refractivity contribution in [2.45, 2.75) is 6.92 Å². The van der Waals surface area contributed by atoms with Crippen LogP contribution in [0.25, 0.3) is 0 Å². The van der Waals surface area contributed by atoms with Crippen molar-refractivity contribution in [3.63, 3.8) is 0 Å². The first-order chi connectivity index (χ1) is 9.10. The molecule has 0 heterocycles. The number of hydrogen-bond acceptors (Lipinski definition) is 2. The Labute approximate surface area is 120 Å². The third-order valence-corrected chi connectivity index (χ3v) is 3.62.